The Balaban J connectivity index is 1.84. The molecule has 0 aliphatic rings. The van der Waals surface area contributed by atoms with Crippen LogP contribution in [0.2, 0.25) is 5.02 Å². The van der Waals surface area contributed by atoms with E-state index in [1.165, 1.54) is 28.8 Å². The largest absolute Gasteiger partial charge is 0.322 e. The summed E-state index contributed by atoms with van der Waals surface area (Å²) in [5.74, 6) is -0.500. The van der Waals surface area contributed by atoms with Gasteiger partial charge in [-0.25, -0.2) is 18.1 Å². The number of nitrogens with zero attached hydrogens (tertiary/aromatic N) is 4. The minimum atomic E-state index is -3.70. The molecule has 0 aliphatic heterocycles. The van der Waals surface area contributed by atoms with Gasteiger partial charge in [0.1, 0.15) is 12.7 Å². The SMILES string of the molecule is CCN(CC)S(=O)(=O)c1ccc(Cl)c(C(=O)Nc2ccc(-n3cncn3)cc2)c1. The third-order valence-corrected chi connectivity index (χ3v) is 6.71. The third kappa shape index (κ3) is 4.47. The summed E-state index contributed by atoms with van der Waals surface area (Å²) < 4.78 is 28.4. The lowest BCUT2D eigenvalue weighted by Crippen LogP contribution is -2.30. The molecule has 0 bridgehead atoms. The first-order valence-electron chi connectivity index (χ1n) is 8.93. The van der Waals surface area contributed by atoms with Crippen LogP contribution in [0.3, 0.4) is 0 Å². The Kier molecular flexibility index (Phi) is 6.31. The van der Waals surface area contributed by atoms with Crippen molar-refractivity contribution in [3.8, 4) is 5.69 Å². The predicted octanol–water partition coefficient (Wildman–Crippen LogP) is 3.20. The van der Waals surface area contributed by atoms with Crippen LogP contribution in [0.25, 0.3) is 5.69 Å². The number of benzene rings is 2. The van der Waals surface area contributed by atoms with Gasteiger partial charge in [-0.15, -0.1) is 0 Å². The molecule has 0 spiro atoms. The van der Waals surface area contributed by atoms with E-state index in [9.17, 15) is 13.2 Å². The molecule has 2 aromatic carbocycles. The molecule has 1 aromatic heterocycles. The minimum absolute atomic E-state index is 0.0253. The molecule has 0 saturated carbocycles. The normalized spacial score (nSPS) is 11.6. The van der Waals surface area contributed by atoms with E-state index in [1.807, 2.05) is 0 Å². The highest BCUT2D eigenvalue weighted by molar-refractivity contribution is 7.89. The van der Waals surface area contributed by atoms with Crippen molar-refractivity contribution in [2.24, 2.45) is 0 Å². The van der Waals surface area contributed by atoms with Gasteiger partial charge in [0, 0.05) is 18.8 Å². The summed E-state index contributed by atoms with van der Waals surface area (Å²) in [7, 11) is -3.70. The van der Waals surface area contributed by atoms with Gasteiger partial charge in [-0.1, -0.05) is 25.4 Å². The first kappa shape index (κ1) is 21.0. The lowest BCUT2D eigenvalue weighted by Gasteiger charge is -2.19. The van der Waals surface area contributed by atoms with Crippen molar-refractivity contribution in [1.82, 2.24) is 19.1 Å². The highest BCUT2D eigenvalue weighted by Crippen LogP contribution is 2.24. The van der Waals surface area contributed by atoms with Crippen molar-refractivity contribution in [1.29, 1.82) is 0 Å². The lowest BCUT2D eigenvalue weighted by atomic mass is 10.2. The van der Waals surface area contributed by atoms with Crippen molar-refractivity contribution >= 4 is 33.2 Å². The number of aromatic nitrogens is 3. The maximum atomic E-state index is 12.7. The average Bonchev–Trinajstić information content (AvgIpc) is 3.24. The number of hydrogen-bond donors (Lipinski definition) is 1. The number of halogens is 1. The molecule has 10 heteroatoms. The number of amides is 1. The molecule has 0 saturated heterocycles. The molecule has 0 atom stereocenters. The molecule has 1 amide bonds. The number of carbonyl (C=O) groups excluding carboxylic acids is 1. The summed E-state index contributed by atoms with van der Waals surface area (Å²) in [6, 6.07) is 11.1. The summed E-state index contributed by atoms with van der Waals surface area (Å²) in [6.07, 6.45) is 2.99. The van der Waals surface area contributed by atoms with Crippen LogP contribution < -0.4 is 5.32 Å². The van der Waals surface area contributed by atoms with E-state index in [0.717, 1.165) is 5.69 Å². The minimum Gasteiger partial charge on any atom is -0.322 e. The Morgan fingerprint density at radius 3 is 2.41 bits per heavy atom. The van der Waals surface area contributed by atoms with Gasteiger partial charge in [-0.3, -0.25) is 4.79 Å². The predicted molar refractivity (Wildman–Crippen MR) is 111 cm³/mol. The molecular weight excluding hydrogens is 414 g/mol. The Hall–Kier alpha value is -2.75. The summed E-state index contributed by atoms with van der Waals surface area (Å²) >= 11 is 6.16. The second kappa shape index (κ2) is 8.73. The number of rotatable bonds is 7. The zero-order valence-electron chi connectivity index (χ0n) is 15.9. The summed E-state index contributed by atoms with van der Waals surface area (Å²) in [5, 5.41) is 6.93. The van der Waals surface area contributed by atoms with Crippen LogP contribution in [-0.2, 0) is 10.0 Å². The van der Waals surface area contributed by atoms with Gasteiger partial charge in [0.25, 0.3) is 5.91 Å². The molecule has 3 rings (SSSR count). The van der Waals surface area contributed by atoms with Crippen LogP contribution in [0.15, 0.2) is 60.0 Å². The second-order valence-corrected chi connectivity index (χ2v) is 8.42. The monoisotopic (exact) mass is 433 g/mol. The lowest BCUT2D eigenvalue weighted by molar-refractivity contribution is 0.102. The maximum absolute atomic E-state index is 12.7. The highest BCUT2D eigenvalue weighted by atomic mass is 35.5. The second-order valence-electron chi connectivity index (χ2n) is 6.07. The molecule has 3 aromatic rings. The molecular formula is C19H20ClN5O3S. The first-order chi connectivity index (χ1) is 13.9. The van der Waals surface area contributed by atoms with Crippen molar-refractivity contribution in [2.75, 3.05) is 18.4 Å². The molecule has 0 radical (unpaired) electrons. The van der Waals surface area contributed by atoms with E-state index in [0.29, 0.717) is 18.8 Å². The Morgan fingerprint density at radius 1 is 1.14 bits per heavy atom. The van der Waals surface area contributed by atoms with Crippen molar-refractivity contribution in [3.63, 3.8) is 0 Å². The summed E-state index contributed by atoms with van der Waals surface area (Å²) in [4.78, 5) is 16.6. The summed E-state index contributed by atoms with van der Waals surface area (Å²) in [5.41, 5.74) is 1.40. The van der Waals surface area contributed by atoms with Gasteiger partial charge in [0.2, 0.25) is 10.0 Å². The Morgan fingerprint density at radius 2 is 1.83 bits per heavy atom. The molecule has 0 fully saturated rings. The van der Waals surface area contributed by atoms with Crippen LogP contribution >= 0.6 is 11.6 Å². The van der Waals surface area contributed by atoms with Gasteiger partial charge in [0.05, 0.1) is 21.2 Å². The first-order valence-corrected chi connectivity index (χ1v) is 10.7. The fourth-order valence-corrected chi connectivity index (χ4v) is 4.48. The van der Waals surface area contributed by atoms with E-state index in [1.54, 1.807) is 49.1 Å². The molecule has 29 heavy (non-hydrogen) atoms. The summed E-state index contributed by atoms with van der Waals surface area (Å²) in [6.45, 7) is 4.18. The van der Waals surface area contributed by atoms with Crippen molar-refractivity contribution < 1.29 is 13.2 Å². The van der Waals surface area contributed by atoms with Crippen LogP contribution in [0, 0.1) is 0 Å². The van der Waals surface area contributed by atoms with E-state index in [2.05, 4.69) is 15.4 Å². The van der Waals surface area contributed by atoms with Gasteiger partial charge < -0.3 is 5.32 Å². The van der Waals surface area contributed by atoms with Crippen LogP contribution in [-0.4, -0.2) is 46.5 Å². The van der Waals surface area contributed by atoms with Crippen LogP contribution in [0.1, 0.15) is 24.2 Å². The third-order valence-electron chi connectivity index (χ3n) is 4.33. The van der Waals surface area contributed by atoms with Gasteiger partial charge >= 0.3 is 0 Å². The van der Waals surface area contributed by atoms with Crippen molar-refractivity contribution in [2.45, 2.75) is 18.7 Å². The quantitative estimate of drug-likeness (QED) is 0.617. The number of hydrogen-bond acceptors (Lipinski definition) is 5. The fraction of sp³-hybridized carbons (Fsp3) is 0.211. The van der Waals surface area contributed by atoms with Gasteiger partial charge in [-0.05, 0) is 42.5 Å². The molecule has 1 heterocycles. The Bertz CT molecular complexity index is 1100. The molecule has 0 aliphatic carbocycles. The molecule has 0 unspecified atom stereocenters. The number of sulfonamides is 1. The number of nitrogens with one attached hydrogen (secondary N) is 1. The highest BCUT2D eigenvalue weighted by Gasteiger charge is 2.24. The van der Waals surface area contributed by atoms with E-state index in [-0.39, 0.29) is 15.5 Å². The standard InChI is InChI=1S/C19H20ClN5O3S/c1-3-24(4-2)29(27,28)16-9-10-18(20)17(11-16)19(26)23-14-5-7-15(8-6-14)25-13-21-12-22-25/h5-13H,3-4H2,1-2H3,(H,23,26). The van der Waals surface area contributed by atoms with E-state index < -0.39 is 15.9 Å². The number of carbonyl (C=O) groups is 1. The molecule has 8 nitrogen and oxygen atoms in total. The van der Waals surface area contributed by atoms with Crippen LogP contribution in [0.5, 0.6) is 0 Å². The Labute approximate surface area is 174 Å². The molecule has 152 valence electrons. The maximum Gasteiger partial charge on any atom is 0.257 e. The fourth-order valence-electron chi connectivity index (χ4n) is 2.79. The molecule has 1 N–H and O–H groups in total. The zero-order valence-corrected chi connectivity index (χ0v) is 17.5. The number of anilines is 1. The smallest absolute Gasteiger partial charge is 0.257 e. The zero-order chi connectivity index (χ0) is 21.0. The average molecular weight is 434 g/mol. The van der Waals surface area contributed by atoms with Crippen LogP contribution in [0.4, 0.5) is 5.69 Å². The van der Waals surface area contributed by atoms with Gasteiger partial charge in [-0.2, -0.15) is 9.40 Å². The topological polar surface area (TPSA) is 97.2 Å². The van der Waals surface area contributed by atoms with E-state index >= 15 is 0 Å². The van der Waals surface area contributed by atoms with Crippen molar-refractivity contribution in [3.05, 3.63) is 65.7 Å². The van der Waals surface area contributed by atoms with Gasteiger partial charge in [0.15, 0.2) is 0 Å². The van der Waals surface area contributed by atoms with E-state index in [4.69, 9.17) is 11.6 Å².